The van der Waals surface area contributed by atoms with E-state index in [0.29, 0.717) is 23.6 Å². The van der Waals surface area contributed by atoms with Crippen LogP contribution >= 0.6 is 15.9 Å². The van der Waals surface area contributed by atoms with E-state index in [1.165, 1.54) is 19.3 Å². The van der Waals surface area contributed by atoms with Crippen LogP contribution in [0.4, 0.5) is 0 Å². The van der Waals surface area contributed by atoms with E-state index in [2.05, 4.69) is 15.9 Å². The maximum absolute atomic E-state index is 11.2. The summed E-state index contributed by atoms with van der Waals surface area (Å²) in [6.07, 6.45) is 6.55. The van der Waals surface area contributed by atoms with Crippen molar-refractivity contribution in [2.75, 3.05) is 13.3 Å². The Bertz CT molecular complexity index is 538. The van der Waals surface area contributed by atoms with Gasteiger partial charge < -0.3 is 15.2 Å². The molecule has 0 bridgehead atoms. The summed E-state index contributed by atoms with van der Waals surface area (Å²) < 4.78 is 11.9. The molecule has 1 aromatic rings. The SMILES string of the molecule is NCC1(c2cc(Br)c(C=O)c3c2OCO3)CCCCC1. The second-order valence-corrected chi connectivity index (χ2v) is 6.40. The van der Waals surface area contributed by atoms with Gasteiger partial charge in [-0.05, 0) is 34.8 Å². The number of nitrogens with two attached hydrogens (primary N) is 1. The summed E-state index contributed by atoms with van der Waals surface area (Å²) in [4.78, 5) is 11.2. The molecule has 0 saturated heterocycles. The smallest absolute Gasteiger partial charge is 0.231 e. The van der Waals surface area contributed by atoms with E-state index in [1.54, 1.807) is 0 Å². The average Bonchev–Trinajstić information content (AvgIpc) is 2.96. The second-order valence-electron chi connectivity index (χ2n) is 5.55. The van der Waals surface area contributed by atoms with Crippen LogP contribution in [-0.2, 0) is 5.41 Å². The highest BCUT2D eigenvalue weighted by molar-refractivity contribution is 9.10. The van der Waals surface area contributed by atoms with Crippen LogP contribution in [0, 0.1) is 0 Å². The molecule has 5 heteroatoms. The minimum Gasteiger partial charge on any atom is -0.453 e. The molecule has 4 nitrogen and oxygen atoms in total. The van der Waals surface area contributed by atoms with E-state index in [4.69, 9.17) is 15.2 Å². The zero-order valence-electron chi connectivity index (χ0n) is 11.3. The first-order valence-electron chi connectivity index (χ1n) is 7.00. The molecule has 1 saturated carbocycles. The predicted octanol–water partition coefficient (Wildman–Crippen LogP) is 3.15. The largest absolute Gasteiger partial charge is 0.453 e. The van der Waals surface area contributed by atoms with E-state index in [9.17, 15) is 4.79 Å². The maximum Gasteiger partial charge on any atom is 0.231 e. The molecule has 2 N–H and O–H groups in total. The number of carbonyl (C=O) groups excluding carboxylic acids is 1. The van der Waals surface area contributed by atoms with Gasteiger partial charge in [0.05, 0.1) is 5.56 Å². The van der Waals surface area contributed by atoms with Crippen molar-refractivity contribution in [2.24, 2.45) is 5.73 Å². The van der Waals surface area contributed by atoms with Crippen LogP contribution in [0.5, 0.6) is 11.5 Å². The monoisotopic (exact) mass is 339 g/mol. The van der Waals surface area contributed by atoms with Gasteiger partial charge >= 0.3 is 0 Å². The van der Waals surface area contributed by atoms with Crippen molar-refractivity contribution in [2.45, 2.75) is 37.5 Å². The average molecular weight is 340 g/mol. The van der Waals surface area contributed by atoms with Crippen molar-refractivity contribution in [3.05, 3.63) is 21.7 Å². The third-order valence-electron chi connectivity index (χ3n) is 4.52. The zero-order valence-corrected chi connectivity index (χ0v) is 12.9. The minimum atomic E-state index is -0.0556. The number of benzene rings is 1. The first-order valence-corrected chi connectivity index (χ1v) is 7.79. The number of rotatable bonds is 3. The first-order chi connectivity index (χ1) is 9.72. The molecule has 0 amide bonds. The van der Waals surface area contributed by atoms with E-state index in [-0.39, 0.29) is 12.2 Å². The van der Waals surface area contributed by atoms with Crippen molar-refractivity contribution in [3.63, 3.8) is 0 Å². The fourth-order valence-electron chi connectivity index (χ4n) is 3.37. The predicted molar refractivity (Wildman–Crippen MR) is 79.5 cm³/mol. The van der Waals surface area contributed by atoms with Crippen molar-refractivity contribution in [1.29, 1.82) is 0 Å². The van der Waals surface area contributed by atoms with Crippen LogP contribution in [-0.4, -0.2) is 19.6 Å². The van der Waals surface area contributed by atoms with Gasteiger partial charge in [-0.3, -0.25) is 4.79 Å². The van der Waals surface area contributed by atoms with Crippen molar-refractivity contribution < 1.29 is 14.3 Å². The Hall–Kier alpha value is -1.07. The number of hydrogen-bond donors (Lipinski definition) is 1. The Morgan fingerprint density at radius 1 is 1.25 bits per heavy atom. The third kappa shape index (κ3) is 2.04. The van der Waals surface area contributed by atoms with Gasteiger partial charge in [0.15, 0.2) is 17.8 Å². The highest BCUT2D eigenvalue weighted by Gasteiger charge is 2.38. The highest BCUT2D eigenvalue weighted by Crippen LogP contribution is 2.50. The Morgan fingerprint density at radius 3 is 2.60 bits per heavy atom. The fourth-order valence-corrected chi connectivity index (χ4v) is 3.88. The lowest BCUT2D eigenvalue weighted by Gasteiger charge is -2.37. The molecule has 0 unspecified atom stereocenters. The van der Waals surface area contributed by atoms with Gasteiger partial charge in [0.1, 0.15) is 0 Å². The highest BCUT2D eigenvalue weighted by atomic mass is 79.9. The zero-order chi connectivity index (χ0) is 14.2. The molecule has 1 fully saturated rings. The van der Waals surface area contributed by atoms with E-state index in [1.807, 2.05) is 6.07 Å². The molecule has 2 aliphatic rings. The van der Waals surface area contributed by atoms with E-state index < -0.39 is 0 Å². The minimum absolute atomic E-state index is 0.0556. The van der Waals surface area contributed by atoms with Gasteiger partial charge in [-0.15, -0.1) is 0 Å². The quantitative estimate of drug-likeness (QED) is 0.859. The van der Waals surface area contributed by atoms with Gasteiger partial charge in [-0.25, -0.2) is 0 Å². The number of ether oxygens (including phenoxy) is 2. The van der Waals surface area contributed by atoms with Crippen LogP contribution < -0.4 is 15.2 Å². The van der Waals surface area contributed by atoms with Crippen LogP contribution in [0.15, 0.2) is 10.5 Å². The van der Waals surface area contributed by atoms with Crippen LogP contribution in [0.1, 0.15) is 48.0 Å². The first kappa shape index (κ1) is 13.9. The Labute approximate surface area is 126 Å². The summed E-state index contributed by atoms with van der Waals surface area (Å²) in [6, 6.07) is 2.00. The summed E-state index contributed by atoms with van der Waals surface area (Å²) in [5.74, 6) is 1.27. The number of fused-ring (bicyclic) bond motifs is 1. The molecule has 0 aromatic heterocycles. The number of carbonyl (C=O) groups is 1. The molecule has 1 aliphatic heterocycles. The van der Waals surface area contributed by atoms with Gasteiger partial charge in [-0.1, -0.05) is 19.3 Å². The molecule has 1 aliphatic carbocycles. The molecule has 3 rings (SSSR count). The van der Waals surface area contributed by atoms with E-state index >= 15 is 0 Å². The summed E-state index contributed by atoms with van der Waals surface area (Å²) in [6.45, 7) is 0.760. The molecule has 0 spiro atoms. The summed E-state index contributed by atoms with van der Waals surface area (Å²) in [7, 11) is 0. The fraction of sp³-hybridized carbons (Fsp3) is 0.533. The Kier molecular flexibility index (Phi) is 3.73. The lowest BCUT2D eigenvalue weighted by atomic mass is 9.69. The lowest BCUT2D eigenvalue weighted by Crippen LogP contribution is -2.37. The van der Waals surface area contributed by atoms with E-state index in [0.717, 1.165) is 29.2 Å². The van der Waals surface area contributed by atoms with Gasteiger partial charge in [0.25, 0.3) is 0 Å². The normalized spacial score (nSPS) is 19.9. The topological polar surface area (TPSA) is 61.6 Å². The molecule has 1 heterocycles. The lowest BCUT2D eigenvalue weighted by molar-refractivity contribution is 0.111. The molecule has 0 radical (unpaired) electrons. The van der Waals surface area contributed by atoms with Gasteiger partial charge in [-0.2, -0.15) is 0 Å². The third-order valence-corrected chi connectivity index (χ3v) is 5.18. The molecule has 0 atom stereocenters. The second kappa shape index (κ2) is 5.37. The summed E-state index contributed by atoms with van der Waals surface area (Å²) >= 11 is 3.47. The van der Waals surface area contributed by atoms with Crippen LogP contribution in [0.3, 0.4) is 0 Å². The van der Waals surface area contributed by atoms with Crippen LogP contribution in [0.2, 0.25) is 0 Å². The van der Waals surface area contributed by atoms with Gasteiger partial charge in [0.2, 0.25) is 6.79 Å². The maximum atomic E-state index is 11.2. The number of halogens is 1. The Balaban J connectivity index is 2.16. The number of hydrogen-bond acceptors (Lipinski definition) is 4. The van der Waals surface area contributed by atoms with Crippen molar-refractivity contribution in [1.82, 2.24) is 0 Å². The summed E-state index contributed by atoms with van der Waals surface area (Å²) in [5.41, 5.74) is 7.65. The molecule has 1 aromatic carbocycles. The molecular weight excluding hydrogens is 322 g/mol. The van der Waals surface area contributed by atoms with Crippen molar-refractivity contribution >= 4 is 22.2 Å². The molecule has 20 heavy (non-hydrogen) atoms. The number of aldehydes is 1. The molecular formula is C15H18BrNO3. The Morgan fingerprint density at radius 2 is 1.95 bits per heavy atom. The van der Waals surface area contributed by atoms with Crippen LogP contribution in [0.25, 0.3) is 0 Å². The standard InChI is InChI=1S/C15H18BrNO3/c16-12-6-11(15(8-17)4-2-1-3-5-15)14-13(10(12)7-18)19-9-20-14/h6-7H,1-5,8-9,17H2. The van der Waals surface area contributed by atoms with Gasteiger partial charge in [0, 0.05) is 22.0 Å². The van der Waals surface area contributed by atoms with Crippen molar-refractivity contribution in [3.8, 4) is 11.5 Å². The molecule has 108 valence electrons. The summed E-state index contributed by atoms with van der Waals surface area (Å²) in [5, 5.41) is 0.